The molecule has 0 aliphatic rings. The number of rotatable bonds is 1. The molecule has 0 saturated carbocycles. The van der Waals surface area contributed by atoms with E-state index in [1.807, 2.05) is 0 Å². The van der Waals surface area contributed by atoms with Crippen molar-refractivity contribution < 1.29 is 4.74 Å². The van der Waals surface area contributed by atoms with Crippen LogP contribution in [0, 0.1) is 11.3 Å². The molecule has 4 nitrogen and oxygen atoms in total. The Morgan fingerprint density at radius 2 is 2.20 bits per heavy atom. The van der Waals surface area contributed by atoms with Crippen LogP contribution in [-0.2, 0) is 0 Å². The Bertz CT molecular complexity index is 557. The third-order valence-corrected chi connectivity index (χ3v) is 2.16. The highest BCUT2D eigenvalue weighted by Gasteiger charge is 2.04. The van der Waals surface area contributed by atoms with Crippen LogP contribution in [0.25, 0.3) is 10.9 Å². The number of fused-ring (bicyclic) bond motifs is 1. The smallest absolute Gasteiger partial charge is 0.125 e. The molecule has 4 heteroatoms. The van der Waals surface area contributed by atoms with Crippen LogP contribution in [0.4, 0.5) is 5.82 Å². The lowest BCUT2D eigenvalue weighted by molar-refractivity contribution is 0.415. The molecule has 1 heterocycles. The van der Waals surface area contributed by atoms with Crippen molar-refractivity contribution in [1.82, 2.24) is 4.98 Å². The largest absolute Gasteiger partial charge is 0.497 e. The molecular formula is C11H9N3O. The predicted molar refractivity (Wildman–Crippen MR) is 57.4 cm³/mol. The maximum Gasteiger partial charge on any atom is 0.125 e. The van der Waals surface area contributed by atoms with Crippen LogP contribution in [0.3, 0.4) is 0 Å². The van der Waals surface area contributed by atoms with Gasteiger partial charge in [-0.25, -0.2) is 4.98 Å². The normalized spacial score (nSPS) is 9.87. The number of ether oxygens (including phenoxy) is 1. The highest BCUT2D eigenvalue weighted by molar-refractivity contribution is 5.87. The van der Waals surface area contributed by atoms with E-state index in [9.17, 15) is 0 Å². The van der Waals surface area contributed by atoms with Gasteiger partial charge in [0.25, 0.3) is 0 Å². The number of hydrogen-bond donors (Lipinski definition) is 1. The first-order chi connectivity index (χ1) is 7.24. The minimum Gasteiger partial charge on any atom is -0.497 e. The van der Waals surface area contributed by atoms with Crippen molar-refractivity contribution in [1.29, 1.82) is 5.26 Å². The lowest BCUT2D eigenvalue weighted by Crippen LogP contribution is -1.93. The van der Waals surface area contributed by atoms with Gasteiger partial charge in [-0.1, -0.05) is 0 Å². The Morgan fingerprint density at radius 1 is 1.40 bits per heavy atom. The van der Waals surface area contributed by atoms with Crippen LogP contribution in [0.1, 0.15) is 5.56 Å². The van der Waals surface area contributed by atoms with Crippen molar-refractivity contribution >= 4 is 16.7 Å². The zero-order chi connectivity index (χ0) is 10.8. The summed E-state index contributed by atoms with van der Waals surface area (Å²) < 4.78 is 5.07. The average molecular weight is 199 g/mol. The Hall–Kier alpha value is -2.28. The van der Waals surface area contributed by atoms with Gasteiger partial charge in [0.05, 0.1) is 24.3 Å². The van der Waals surface area contributed by atoms with Gasteiger partial charge in [-0.15, -0.1) is 0 Å². The molecule has 1 aromatic heterocycles. The Balaban J connectivity index is 2.79. The van der Waals surface area contributed by atoms with Crippen LogP contribution in [-0.4, -0.2) is 12.1 Å². The second kappa shape index (κ2) is 3.46. The standard InChI is InChI=1S/C11H9N3O/c1-15-8-2-3-9-7(6-12)4-11(13)14-10(9)5-8/h2-5H,1H3,(H2,13,14). The second-order valence-electron chi connectivity index (χ2n) is 3.09. The van der Waals surface area contributed by atoms with E-state index in [1.165, 1.54) is 0 Å². The molecule has 2 N–H and O–H groups in total. The lowest BCUT2D eigenvalue weighted by atomic mass is 10.1. The zero-order valence-corrected chi connectivity index (χ0v) is 8.19. The summed E-state index contributed by atoms with van der Waals surface area (Å²) in [7, 11) is 1.58. The van der Waals surface area contributed by atoms with Crippen molar-refractivity contribution in [3.8, 4) is 11.8 Å². The van der Waals surface area contributed by atoms with Crippen LogP contribution in [0.2, 0.25) is 0 Å². The molecule has 0 fully saturated rings. The number of nitrogen functional groups attached to an aromatic ring is 1. The molecule has 0 amide bonds. The van der Waals surface area contributed by atoms with Crippen LogP contribution >= 0.6 is 0 Å². The van der Waals surface area contributed by atoms with Gasteiger partial charge in [0.1, 0.15) is 11.6 Å². The molecule has 0 unspecified atom stereocenters. The molecule has 2 rings (SSSR count). The van der Waals surface area contributed by atoms with Gasteiger partial charge in [-0.2, -0.15) is 5.26 Å². The molecule has 0 atom stereocenters. The summed E-state index contributed by atoms with van der Waals surface area (Å²) in [6.45, 7) is 0. The zero-order valence-electron chi connectivity index (χ0n) is 8.19. The van der Waals surface area contributed by atoms with E-state index in [4.69, 9.17) is 15.7 Å². The summed E-state index contributed by atoms with van der Waals surface area (Å²) >= 11 is 0. The number of nitriles is 1. The second-order valence-corrected chi connectivity index (χ2v) is 3.09. The predicted octanol–water partition coefficient (Wildman–Crippen LogP) is 1.70. The summed E-state index contributed by atoms with van der Waals surface area (Å²) in [5, 5.41) is 9.71. The molecule has 0 bridgehead atoms. The molecule has 2 aromatic rings. The number of anilines is 1. The molecule has 74 valence electrons. The van der Waals surface area contributed by atoms with Gasteiger partial charge in [0.15, 0.2) is 0 Å². The minimum atomic E-state index is 0.340. The van der Waals surface area contributed by atoms with Gasteiger partial charge in [0, 0.05) is 11.5 Å². The summed E-state index contributed by atoms with van der Waals surface area (Å²) in [6, 6.07) is 9.01. The minimum absolute atomic E-state index is 0.340. The fraction of sp³-hybridized carbons (Fsp3) is 0.0909. The first-order valence-electron chi connectivity index (χ1n) is 4.39. The molecule has 0 aliphatic carbocycles. The van der Waals surface area contributed by atoms with Crippen molar-refractivity contribution in [3.63, 3.8) is 0 Å². The molecular weight excluding hydrogens is 190 g/mol. The molecule has 0 spiro atoms. The van der Waals surface area contributed by atoms with Crippen molar-refractivity contribution in [2.75, 3.05) is 12.8 Å². The Kier molecular flexibility index (Phi) is 2.14. The number of hydrogen-bond acceptors (Lipinski definition) is 4. The number of methoxy groups -OCH3 is 1. The molecule has 15 heavy (non-hydrogen) atoms. The number of aromatic nitrogens is 1. The van der Waals surface area contributed by atoms with Crippen LogP contribution in [0.5, 0.6) is 5.75 Å². The SMILES string of the molecule is COc1ccc2c(C#N)cc(N)nc2c1. The first-order valence-corrected chi connectivity index (χ1v) is 4.39. The quantitative estimate of drug-likeness (QED) is 0.758. The monoisotopic (exact) mass is 199 g/mol. The van der Waals surface area contributed by atoms with Crippen LogP contribution in [0.15, 0.2) is 24.3 Å². The van der Waals surface area contributed by atoms with Gasteiger partial charge < -0.3 is 10.5 Å². The van der Waals surface area contributed by atoms with E-state index < -0.39 is 0 Å². The molecule has 0 aliphatic heterocycles. The summed E-state index contributed by atoms with van der Waals surface area (Å²) in [5.41, 5.74) is 6.79. The van der Waals surface area contributed by atoms with Crippen LogP contribution < -0.4 is 10.5 Å². The highest BCUT2D eigenvalue weighted by Crippen LogP contribution is 2.23. The average Bonchev–Trinajstić information content (AvgIpc) is 2.26. The van der Waals surface area contributed by atoms with Gasteiger partial charge in [-0.3, -0.25) is 0 Å². The summed E-state index contributed by atoms with van der Waals surface area (Å²) in [6.07, 6.45) is 0. The van der Waals surface area contributed by atoms with E-state index in [0.717, 1.165) is 5.39 Å². The summed E-state index contributed by atoms with van der Waals surface area (Å²) in [4.78, 5) is 4.14. The highest BCUT2D eigenvalue weighted by atomic mass is 16.5. The number of pyridine rings is 1. The fourth-order valence-electron chi connectivity index (χ4n) is 1.45. The molecule has 1 aromatic carbocycles. The number of benzene rings is 1. The topological polar surface area (TPSA) is 71.9 Å². The van der Waals surface area contributed by atoms with E-state index in [0.29, 0.717) is 22.6 Å². The number of nitrogens with zero attached hydrogens (tertiary/aromatic N) is 2. The maximum absolute atomic E-state index is 8.92. The summed E-state index contributed by atoms with van der Waals surface area (Å²) in [5.74, 6) is 1.04. The van der Waals surface area contributed by atoms with E-state index in [2.05, 4.69) is 11.1 Å². The van der Waals surface area contributed by atoms with Gasteiger partial charge >= 0.3 is 0 Å². The third kappa shape index (κ3) is 1.55. The van der Waals surface area contributed by atoms with Crippen molar-refractivity contribution in [2.45, 2.75) is 0 Å². The molecule has 0 radical (unpaired) electrons. The van der Waals surface area contributed by atoms with E-state index in [1.54, 1.807) is 31.4 Å². The van der Waals surface area contributed by atoms with E-state index >= 15 is 0 Å². The van der Waals surface area contributed by atoms with Gasteiger partial charge in [-0.05, 0) is 18.2 Å². The first kappa shape index (κ1) is 9.28. The fourth-order valence-corrected chi connectivity index (χ4v) is 1.45. The Labute approximate surface area is 86.9 Å². The molecule has 0 saturated heterocycles. The Morgan fingerprint density at radius 3 is 2.87 bits per heavy atom. The van der Waals surface area contributed by atoms with Gasteiger partial charge in [0.2, 0.25) is 0 Å². The maximum atomic E-state index is 8.92. The lowest BCUT2D eigenvalue weighted by Gasteiger charge is -2.04. The van der Waals surface area contributed by atoms with Crippen molar-refractivity contribution in [3.05, 3.63) is 29.8 Å². The van der Waals surface area contributed by atoms with E-state index in [-0.39, 0.29) is 0 Å². The third-order valence-electron chi connectivity index (χ3n) is 2.16. The van der Waals surface area contributed by atoms with Crippen molar-refractivity contribution in [2.24, 2.45) is 0 Å². The number of nitrogens with two attached hydrogens (primary N) is 1.